The number of carboxylic acid groups (broad SMARTS) is 1. The molecule has 0 spiro atoms. The quantitative estimate of drug-likeness (QED) is 0.708. The Morgan fingerprint density at radius 2 is 2.31 bits per heavy atom. The molecular weight excluding hydrogens is 172 g/mol. The van der Waals surface area contributed by atoms with E-state index in [1.807, 2.05) is 0 Å². The van der Waals surface area contributed by atoms with Gasteiger partial charge >= 0.3 is 5.97 Å². The van der Waals surface area contributed by atoms with E-state index in [0.29, 0.717) is 13.0 Å². The van der Waals surface area contributed by atoms with Crippen LogP contribution in [0.3, 0.4) is 0 Å². The normalized spacial score (nSPS) is 27.8. The van der Waals surface area contributed by atoms with Gasteiger partial charge in [0, 0.05) is 6.42 Å². The zero-order valence-corrected chi connectivity index (χ0v) is 7.86. The summed E-state index contributed by atoms with van der Waals surface area (Å²) in [5.74, 6) is -0.775. The molecule has 2 unspecified atom stereocenters. The first-order valence-electron chi connectivity index (χ1n) is 4.71. The fourth-order valence-corrected chi connectivity index (χ4v) is 1.33. The Balaban J connectivity index is 2.13. The zero-order valence-electron chi connectivity index (χ0n) is 7.86. The highest BCUT2D eigenvalue weighted by Crippen LogP contribution is 2.18. The first kappa shape index (κ1) is 10.5. The van der Waals surface area contributed by atoms with Crippen molar-refractivity contribution in [1.82, 2.24) is 0 Å². The lowest BCUT2D eigenvalue weighted by molar-refractivity contribution is -0.138. The standard InChI is InChI=1S/C9H16O4/c1-2-3-9-12-6-7(13-9)4-5-8(10)11/h7,9H,2-6H2,1H3,(H,10,11). The van der Waals surface area contributed by atoms with Crippen molar-refractivity contribution in [3.63, 3.8) is 0 Å². The molecule has 4 heteroatoms. The lowest BCUT2D eigenvalue weighted by atomic mass is 10.2. The van der Waals surface area contributed by atoms with Crippen LogP contribution in [-0.4, -0.2) is 30.1 Å². The minimum Gasteiger partial charge on any atom is -0.481 e. The lowest BCUT2D eigenvalue weighted by Gasteiger charge is -2.08. The Kier molecular flexibility index (Phi) is 4.18. The van der Waals surface area contributed by atoms with E-state index in [9.17, 15) is 4.79 Å². The van der Waals surface area contributed by atoms with Crippen LogP contribution in [-0.2, 0) is 14.3 Å². The minimum absolute atomic E-state index is 0.0207. The van der Waals surface area contributed by atoms with Gasteiger partial charge in [0.1, 0.15) is 0 Å². The van der Waals surface area contributed by atoms with E-state index in [1.165, 1.54) is 0 Å². The number of ether oxygens (including phenoxy) is 2. The molecule has 4 nitrogen and oxygen atoms in total. The third-order valence-electron chi connectivity index (χ3n) is 2.02. The summed E-state index contributed by atoms with van der Waals surface area (Å²) in [5.41, 5.74) is 0. The molecule has 0 amide bonds. The highest BCUT2D eigenvalue weighted by atomic mass is 16.7. The summed E-state index contributed by atoms with van der Waals surface area (Å²) >= 11 is 0. The summed E-state index contributed by atoms with van der Waals surface area (Å²) in [7, 11) is 0. The number of hydrogen-bond acceptors (Lipinski definition) is 3. The summed E-state index contributed by atoms with van der Waals surface area (Å²) in [6.45, 7) is 2.61. The predicted molar refractivity (Wildman–Crippen MR) is 46.4 cm³/mol. The van der Waals surface area contributed by atoms with Gasteiger partial charge in [-0.2, -0.15) is 0 Å². The maximum absolute atomic E-state index is 10.3. The molecule has 76 valence electrons. The third-order valence-corrected chi connectivity index (χ3v) is 2.02. The molecule has 13 heavy (non-hydrogen) atoms. The van der Waals surface area contributed by atoms with E-state index in [2.05, 4.69) is 6.92 Å². The Bertz CT molecular complexity index is 169. The highest BCUT2D eigenvalue weighted by Gasteiger charge is 2.25. The SMILES string of the molecule is CCCC1OCC(CCC(=O)O)O1. The smallest absolute Gasteiger partial charge is 0.303 e. The van der Waals surface area contributed by atoms with Gasteiger partial charge in [-0.1, -0.05) is 13.3 Å². The van der Waals surface area contributed by atoms with Crippen molar-refractivity contribution in [1.29, 1.82) is 0 Å². The van der Waals surface area contributed by atoms with Crippen LogP contribution in [0, 0.1) is 0 Å². The van der Waals surface area contributed by atoms with E-state index in [-0.39, 0.29) is 18.8 Å². The summed E-state index contributed by atoms with van der Waals surface area (Å²) in [6, 6.07) is 0. The van der Waals surface area contributed by atoms with Gasteiger partial charge in [0.15, 0.2) is 6.29 Å². The van der Waals surface area contributed by atoms with Crippen LogP contribution >= 0.6 is 0 Å². The van der Waals surface area contributed by atoms with Gasteiger partial charge in [-0.3, -0.25) is 4.79 Å². The van der Waals surface area contributed by atoms with Crippen LogP contribution < -0.4 is 0 Å². The van der Waals surface area contributed by atoms with Gasteiger partial charge < -0.3 is 14.6 Å². The van der Waals surface area contributed by atoms with Gasteiger partial charge in [-0.05, 0) is 12.8 Å². The van der Waals surface area contributed by atoms with E-state index in [0.717, 1.165) is 12.8 Å². The highest BCUT2D eigenvalue weighted by molar-refractivity contribution is 5.66. The molecular formula is C9H16O4. The van der Waals surface area contributed by atoms with Crippen LogP contribution in [0.15, 0.2) is 0 Å². The molecule has 1 saturated heterocycles. The number of aliphatic carboxylic acids is 1. The molecule has 1 heterocycles. The van der Waals surface area contributed by atoms with E-state index < -0.39 is 5.97 Å². The molecule has 0 aromatic heterocycles. The van der Waals surface area contributed by atoms with Crippen molar-refractivity contribution in [2.24, 2.45) is 0 Å². The van der Waals surface area contributed by atoms with Crippen molar-refractivity contribution >= 4 is 5.97 Å². The molecule has 1 rings (SSSR count). The van der Waals surface area contributed by atoms with E-state index in [1.54, 1.807) is 0 Å². The summed E-state index contributed by atoms with van der Waals surface area (Å²) in [5, 5.41) is 8.45. The molecule has 0 bridgehead atoms. The average Bonchev–Trinajstić information content (AvgIpc) is 2.50. The average molecular weight is 188 g/mol. The first-order chi connectivity index (χ1) is 6.22. The van der Waals surface area contributed by atoms with Gasteiger partial charge in [0.05, 0.1) is 12.7 Å². The fourth-order valence-electron chi connectivity index (χ4n) is 1.33. The molecule has 1 N–H and O–H groups in total. The molecule has 0 aromatic rings. The summed E-state index contributed by atoms with van der Waals surface area (Å²) in [6.07, 6.45) is 2.50. The maximum Gasteiger partial charge on any atom is 0.303 e. The van der Waals surface area contributed by atoms with E-state index >= 15 is 0 Å². The van der Waals surface area contributed by atoms with Crippen molar-refractivity contribution in [3.8, 4) is 0 Å². The van der Waals surface area contributed by atoms with Crippen molar-refractivity contribution in [2.75, 3.05) is 6.61 Å². The molecule has 1 aliphatic heterocycles. The summed E-state index contributed by atoms with van der Waals surface area (Å²) in [4.78, 5) is 10.3. The monoisotopic (exact) mass is 188 g/mol. The second-order valence-electron chi connectivity index (χ2n) is 3.24. The second-order valence-corrected chi connectivity index (χ2v) is 3.24. The van der Waals surface area contributed by atoms with Crippen molar-refractivity contribution in [2.45, 2.75) is 45.0 Å². The Morgan fingerprint density at radius 1 is 1.54 bits per heavy atom. The van der Waals surface area contributed by atoms with Crippen LogP contribution in [0.2, 0.25) is 0 Å². The molecule has 1 fully saturated rings. The lowest BCUT2D eigenvalue weighted by Crippen LogP contribution is -2.13. The van der Waals surface area contributed by atoms with Gasteiger partial charge in [0.2, 0.25) is 0 Å². The van der Waals surface area contributed by atoms with Crippen molar-refractivity contribution in [3.05, 3.63) is 0 Å². The van der Waals surface area contributed by atoms with Gasteiger partial charge in [-0.15, -0.1) is 0 Å². The van der Waals surface area contributed by atoms with E-state index in [4.69, 9.17) is 14.6 Å². The number of carboxylic acids is 1. The third kappa shape index (κ3) is 3.74. The zero-order chi connectivity index (χ0) is 9.68. The van der Waals surface area contributed by atoms with Crippen LogP contribution in [0.4, 0.5) is 0 Å². The molecule has 2 atom stereocenters. The molecule has 0 saturated carbocycles. The van der Waals surface area contributed by atoms with Crippen molar-refractivity contribution < 1.29 is 19.4 Å². The Morgan fingerprint density at radius 3 is 2.92 bits per heavy atom. The first-order valence-corrected chi connectivity index (χ1v) is 4.71. The van der Waals surface area contributed by atoms with Crippen LogP contribution in [0.25, 0.3) is 0 Å². The van der Waals surface area contributed by atoms with Crippen LogP contribution in [0.5, 0.6) is 0 Å². The Labute approximate surface area is 77.8 Å². The second kappa shape index (κ2) is 5.19. The molecule has 0 radical (unpaired) electrons. The number of rotatable bonds is 5. The topological polar surface area (TPSA) is 55.8 Å². The largest absolute Gasteiger partial charge is 0.481 e. The van der Waals surface area contributed by atoms with Crippen LogP contribution in [0.1, 0.15) is 32.6 Å². The summed E-state index contributed by atoms with van der Waals surface area (Å²) < 4.78 is 10.8. The molecule has 1 aliphatic rings. The van der Waals surface area contributed by atoms with Gasteiger partial charge in [0.25, 0.3) is 0 Å². The Hall–Kier alpha value is -0.610. The van der Waals surface area contributed by atoms with Gasteiger partial charge in [-0.25, -0.2) is 0 Å². The number of hydrogen-bond donors (Lipinski definition) is 1. The molecule has 0 aromatic carbocycles. The predicted octanol–water partition coefficient (Wildman–Crippen LogP) is 1.39. The minimum atomic E-state index is -0.775. The number of carbonyl (C=O) groups is 1. The fraction of sp³-hybridized carbons (Fsp3) is 0.889. The maximum atomic E-state index is 10.3. The molecule has 0 aliphatic carbocycles.